The number of rotatable bonds is 5. The van der Waals surface area contributed by atoms with Crippen molar-refractivity contribution < 1.29 is 14.4 Å². The molecule has 0 saturated carbocycles. The Kier molecular flexibility index (Phi) is 6.60. The SMILES string of the molecule is CN[C@@H](C)C(=O)N[C@H]1CCC[C@H]2C[C@H]3CCN(C(=O)Cc4ccccc4)C[C@H]3N2C1=O. The standard InChI is InChI=1S/C24H34N4O3/c1-16(25-2)23(30)26-20-10-6-9-19-14-18-11-12-27(15-21(18)28(19)24(20)31)22(29)13-17-7-4-3-5-8-17/h3-5,7-8,16,18-21,25H,6,9-15H2,1-2H3,(H,26,30)/t16-,18+,19-,20-,21+/m0/s1. The number of piperidine rings is 1. The third-order valence-electron chi connectivity index (χ3n) is 7.32. The van der Waals surface area contributed by atoms with E-state index in [-0.39, 0.29) is 35.8 Å². The van der Waals surface area contributed by atoms with E-state index in [0.717, 1.165) is 37.8 Å². The van der Waals surface area contributed by atoms with Gasteiger partial charge in [0.15, 0.2) is 0 Å². The highest BCUT2D eigenvalue weighted by molar-refractivity contribution is 5.90. The lowest BCUT2D eigenvalue weighted by Gasteiger charge is -2.40. The summed E-state index contributed by atoms with van der Waals surface area (Å²) in [4.78, 5) is 42.8. The molecule has 3 aliphatic rings. The van der Waals surface area contributed by atoms with Gasteiger partial charge in [0.1, 0.15) is 6.04 Å². The van der Waals surface area contributed by atoms with Crippen molar-refractivity contribution in [2.24, 2.45) is 5.92 Å². The number of nitrogens with one attached hydrogen (secondary N) is 2. The second kappa shape index (κ2) is 9.39. The van der Waals surface area contributed by atoms with Crippen LogP contribution in [-0.2, 0) is 20.8 Å². The zero-order valence-electron chi connectivity index (χ0n) is 18.5. The molecule has 0 radical (unpaired) electrons. The second-order valence-corrected chi connectivity index (χ2v) is 9.26. The highest BCUT2D eigenvalue weighted by atomic mass is 16.2. The molecule has 0 aromatic heterocycles. The molecule has 3 aliphatic heterocycles. The third kappa shape index (κ3) is 4.61. The maximum atomic E-state index is 13.5. The lowest BCUT2D eigenvalue weighted by atomic mass is 9.89. The first-order valence-electron chi connectivity index (χ1n) is 11.6. The predicted octanol–water partition coefficient (Wildman–Crippen LogP) is 1.32. The van der Waals surface area contributed by atoms with Crippen molar-refractivity contribution >= 4 is 17.7 Å². The van der Waals surface area contributed by atoms with Crippen LogP contribution in [0.15, 0.2) is 30.3 Å². The number of hydrogen-bond donors (Lipinski definition) is 2. The summed E-state index contributed by atoms with van der Waals surface area (Å²) in [6.45, 7) is 3.16. The average molecular weight is 427 g/mol. The van der Waals surface area contributed by atoms with Gasteiger partial charge in [0.05, 0.1) is 18.5 Å². The van der Waals surface area contributed by atoms with Crippen molar-refractivity contribution in [3.63, 3.8) is 0 Å². The Bertz CT molecular complexity index is 814. The highest BCUT2D eigenvalue weighted by Crippen LogP contribution is 2.40. The maximum Gasteiger partial charge on any atom is 0.245 e. The first-order chi connectivity index (χ1) is 15.0. The number of likely N-dealkylation sites (tertiary alicyclic amines) is 1. The van der Waals surface area contributed by atoms with E-state index in [1.165, 1.54) is 0 Å². The number of hydrogen-bond acceptors (Lipinski definition) is 4. The van der Waals surface area contributed by atoms with E-state index in [9.17, 15) is 14.4 Å². The van der Waals surface area contributed by atoms with Gasteiger partial charge in [0.25, 0.3) is 0 Å². The fourth-order valence-corrected chi connectivity index (χ4v) is 5.44. The van der Waals surface area contributed by atoms with Crippen LogP contribution in [0.25, 0.3) is 0 Å². The van der Waals surface area contributed by atoms with Crippen molar-refractivity contribution in [3.8, 4) is 0 Å². The Morgan fingerprint density at radius 2 is 1.94 bits per heavy atom. The second-order valence-electron chi connectivity index (χ2n) is 9.26. The number of likely N-dealkylation sites (N-methyl/N-ethyl adjacent to an activating group) is 1. The number of benzene rings is 1. The van der Waals surface area contributed by atoms with Crippen LogP contribution in [0.1, 0.15) is 44.6 Å². The van der Waals surface area contributed by atoms with Crippen molar-refractivity contribution in [1.82, 2.24) is 20.4 Å². The van der Waals surface area contributed by atoms with Gasteiger partial charge in [-0.05, 0) is 57.6 Å². The molecule has 0 spiro atoms. The van der Waals surface area contributed by atoms with Crippen LogP contribution in [0.3, 0.4) is 0 Å². The molecule has 7 nitrogen and oxygen atoms in total. The van der Waals surface area contributed by atoms with E-state index in [1.54, 1.807) is 14.0 Å². The smallest absolute Gasteiger partial charge is 0.245 e. The van der Waals surface area contributed by atoms with Crippen LogP contribution in [0, 0.1) is 5.92 Å². The molecule has 1 aromatic carbocycles. The zero-order chi connectivity index (χ0) is 22.0. The van der Waals surface area contributed by atoms with E-state index >= 15 is 0 Å². The number of fused-ring (bicyclic) bond motifs is 3. The summed E-state index contributed by atoms with van der Waals surface area (Å²) in [6.07, 6.45) is 4.95. The van der Waals surface area contributed by atoms with Crippen molar-refractivity contribution in [2.45, 2.75) is 69.6 Å². The minimum atomic E-state index is -0.470. The Hall–Kier alpha value is -2.41. The Morgan fingerprint density at radius 3 is 2.68 bits per heavy atom. The molecular formula is C24H34N4O3. The van der Waals surface area contributed by atoms with Crippen LogP contribution in [0.4, 0.5) is 0 Å². The topological polar surface area (TPSA) is 81.8 Å². The molecule has 3 heterocycles. The average Bonchev–Trinajstić information content (AvgIpc) is 3.07. The van der Waals surface area contributed by atoms with Gasteiger partial charge in [-0.25, -0.2) is 0 Å². The first kappa shape index (κ1) is 21.8. The Labute approximate surface area is 184 Å². The first-order valence-corrected chi connectivity index (χ1v) is 11.6. The van der Waals surface area contributed by atoms with E-state index < -0.39 is 6.04 Å². The lowest BCUT2D eigenvalue weighted by Crippen LogP contribution is -2.57. The van der Waals surface area contributed by atoms with E-state index in [2.05, 4.69) is 10.6 Å². The van der Waals surface area contributed by atoms with Gasteiger partial charge in [-0.3, -0.25) is 14.4 Å². The fourth-order valence-electron chi connectivity index (χ4n) is 5.44. The Morgan fingerprint density at radius 1 is 1.16 bits per heavy atom. The zero-order valence-corrected chi connectivity index (χ0v) is 18.5. The van der Waals surface area contributed by atoms with Crippen LogP contribution < -0.4 is 10.6 Å². The summed E-state index contributed by atoms with van der Waals surface area (Å²) in [6, 6.07) is 9.31. The fraction of sp³-hybridized carbons (Fsp3) is 0.625. The molecule has 3 saturated heterocycles. The van der Waals surface area contributed by atoms with Crippen LogP contribution in [0.2, 0.25) is 0 Å². The van der Waals surface area contributed by atoms with E-state index in [4.69, 9.17) is 0 Å². The van der Waals surface area contributed by atoms with Gasteiger partial charge in [0, 0.05) is 19.1 Å². The molecule has 1 aromatic rings. The summed E-state index contributed by atoms with van der Waals surface area (Å²) in [5.41, 5.74) is 1.02. The highest BCUT2D eigenvalue weighted by Gasteiger charge is 2.49. The van der Waals surface area contributed by atoms with Gasteiger partial charge >= 0.3 is 0 Å². The number of amides is 3. The maximum absolute atomic E-state index is 13.5. The summed E-state index contributed by atoms with van der Waals surface area (Å²) in [7, 11) is 1.74. The molecule has 0 aliphatic carbocycles. The largest absolute Gasteiger partial charge is 0.343 e. The summed E-state index contributed by atoms with van der Waals surface area (Å²) in [5.74, 6) is 0.464. The van der Waals surface area contributed by atoms with Gasteiger partial charge in [-0.15, -0.1) is 0 Å². The van der Waals surface area contributed by atoms with E-state index in [0.29, 0.717) is 25.3 Å². The van der Waals surface area contributed by atoms with E-state index in [1.807, 2.05) is 40.1 Å². The normalized spacial score (nSPS) is 29.0. The third-order valence-corrected chi connectivity index (χ3v) is 7.32. The van der Waals surface area contributed by atoms with Gasteiger partial charge < -0.3 is 20.4 Å². The molecule has 2 N–H and O–H groups in total. The molecule has 5 atom stereocenters. The summed E-state index contributed by atoms with van der Waals surface area (Å²) < 4.78 is 0. The number of carbonyl (C=O) groups excluding carboxylic acids is 3. The number of nitrogens with zero attached hydrogens (tertiary/aromatic N) is 2. The summed E-state index contributed by atoms with van der Waals surface area (Å²) in [5, 5.41) is 5.89. The molecule has 3 amide bonds. The lowest BCUT2D eigenvalue weighted by molar-refractivity contribution is -0.142. The van der Waals surface area contributed by atoms with Crippen LogP contribution in [-0.4, -0.2) is 71.8 Å². The quantitative estimate of drug-likeness (QED) is 0.744. The summed E-state index contributed by atoms with van der Waals surface area (Å²) >= 11 is 0. The molecule has 0 bridgehead atoms. The van der Waals surface area contributed by atoms with Crippen LogP contribution >= 0.6 is 0 Å². The van der Waals surface area contributed by atoms with Crippen molar-refractivity contribution in [3.05, 3.63) is 35.9 Å². The van der Waals surface area contributed by atoms with Crippen molar-refractivity contribution in [2.75, 3.05) is 20.1 Å². The molecule has 168 valence electrons. The molecule has 31 heavy (non-hydrogen) atoms. The van der Waals surface area contributed by atoms with Gasteiger partial charge in [-0.2, -0.15) is 0 Å². The van der Waals surface area contributed by atoms with Crippen molar-refractivity contribution in [1.29, 1.82) is 0 Å². The van der Waals surface area contributed by atoms with Gasteiger partial charge in [-0.1, -0.05) is 30.3 Å². The predicted molar refractivity (Wildman–Crippen MR) is 118 cm³/mol. The Balaban J connectivity index is 1.45. The van der Waals surface area contributed by atoms with Crippen LogP contribution in [0.5, 0.6) is 0 Å². The number of carbonyl (C=O) groups is 3. The minimum Gasteiger partial charge on any atom is -0.343 e. The minimum absolute atomic E-state index is 0.0315. The molecule has 4 rings (SSSR count). The molecular weight excluding hydrogens is 392 g/mol. The monoisotopic (exact) mass is 426 g/mol. The molecule has 0 unspecified atom stereocenters. The molecule has 7 heteroatoms. The van der Waals surface area contributed by atoms with Gasteiger partial charge in [0.2, 0.25) is 17.7 Å². The molecule has 3 fully saturated rings.